The fourth-order valence-electron chi connectivity index (χ4n) is 1.94. The summed E-state index contributed by atoms with van der Waals surface area (Å²) in [5.41, 5.74) is 0. The minimum absolute atomic E-state index is 0.486. The number of fused-ring (bicyclic) bond motifs is 1. The van der Waals surface area contributed by atoms with Crippen molar-refractivity contribution in [1.29, 1.82) is 0 Å². The minimum Gasteiger partial charge on any atom is -0.375 e. The number of nitrogens with zero attached hydrogens (tertiary/aromatic N) is 1. The van der Waals surface area contributed by atoms with Crippen LogP contribution in [0.25, 0.3) is 0 Å². The topological polar surface area (TPSA) is 24.5 Å². The number of hydrogen-bond acceptors (Lipinski definition) is 3. The van der Waals surface area contributed by atoms with E-state index in [1.54, 1.807) is 0 Å². The SMILES string of the molecule is CN1CC[C@@H]2OCCN[C@@H]2C1. The van der Waals surface area contributed by atoms with Crippen molar-refractivity contribution in [2.45, 2.75) is 18.6 Å². The van der Waals surface area contributed by atoms with Gasteiger partial charge in [0.1, 0.15) is 0 Å². The van der Waals surface area contributed by atoms with Crippen LogP contribution in [0.15, 0.2) is 0 Å². The largest absolute Gasteiger partial charge is 0.375 e. The fourth-order valence-corrected chi connectivity index (χ4v) is 1.94. The van der Waals surface area contributed by atoms with Crippen molar-refractivity contribution >= 4 is 0 Å². The molecular formula is C8H16N2O. The first kappa shape index (κ1) is 7.53. The van der Waals surface area contributed by atoms with Crippen LogP contribution in [0.4, 0.5) is 0 Å². The summed E-state index contributed by atoms with van der Waals surface area (Å²) >= 11 is 0. The van der Waals surface area contributed by atoms with Crippen LogP contribution in [-0.4, -0.2) is 50.3 Å². The van der Waals surface area contributed by atoms with Gasteiger partial charge < -0.3 is 15.0 Å². The molecule has 0 aromatic heterocycles. The van der Waals surface area contributed by atoms with E-state index in [-0.39, 0.29) is 0 Å². The standard InChI is InChI=1S/C8H16N2O/c1-10-4-2-8-7(6-10)9-3-5-11-8/h7-9H,2-6H2,1H3/t7-,8+/m1/s1. The lowest BCUT2D eigenvalue weighted by Gasteiger charge is -2.40. The van der Waals surface area contributed by atoms with Crippen molar-refractivity contribution in [3.63, 3.8) is 0 Å². The number of morpholine rings is 1. The van der Waals surface area contributed by atoms with E-state index in [4.69, 9.17) is 4.74 Å². The molecule has 0 unspecified atom stereocenters. The first-order valence-electron chi connectivity index (χ1n) is 4.40. The third-order valence-corrected chi connectivity index (χ3v) is 2.59. The zero-order valence-corrected chi connectivity index (χ0v) is 7.05. The van der Waals surface area contributed by atoms with E-state index in [0.717, 1.165) is 19.7 Å². The highest BCUT2D eigenvalue weighted by atomic mass is 16.5. The Balaban J connectivity index is 1.93. The number of piperidine rings is 1. The lowest BCUT2D eigenvalue weighted by Crippen LogP contribution is -2.57. The quantitative estimate of drug-likeness (QED) is 0.520. The van der Waals surface area contributed by atoms with Crippen LogP contribution in [0, 0.1) is 0 Å². The van der Waals surface area contributed by atoms with Gasteiger partial charge in [0.2, 0.25) is 0 Å². The van der Waals surface area contributed by atoms with Gasteiger partial charge in [0, 0.05) is 25.7 Å². The summed E-state index contributed by atoms with van der Waals surface area (Å²) in [4.78, 5) is 2.36. The van der Waals surface area contributed by atoms with Crippen molar-refractivity contribution in [2.75, 3.05) is 33.3 Å². The van der Waals surface area contributed by atoms with E-state index in [1.807, 2.05) is 0 Å². The molecule has 0 aromatic rings. The van der Waals surface area contributed by atoms with Gasteiger partial charge in [-0.3, -0.25) is 0 Å². The highest BCUT2D eigenvalue weighted by molar-refractivity contribution is 4.87. The molecule has 0 bridgehead atoms. The molecule has 1 N–H and O–H groups in total. The molecule has 2 heterocycles. The Morgan fingerprint density at radius 2 is 2.45 bits per heavy atom. The molecule has 0 radical (unpaired) electrons. The molecule has 0 aromatic carbocycles. The predicted molar refractivity (Wildman–Crippen MR) is 43.6 cm³/mol. The lowest BCUT2D eigenvalue weighted by molar-refractivity contribution is -0.0385. The maximum atomic E-state index is 5.64. The van der Waals surface area contributed by atoms with Crippen molar-refractivity contribution in [3.05, 3.63) is 0 Å². The van der Waals surface area contributed by atoms with Gasteiger partial charge in [0.25, 0.3) is 0 Å². The number of likely N-dealkylation sites (N-methyl/N-ethyl adjacent to an activating group) is 1. The van der Waals surface area contributed by atoms with Gasteiger partial charge in [-0.15, -0.1) is 0 Å². The Kier molecular flexibility index (Phi) is 2.11. The molecule has 2 saturated heterocycles. The molecule has 0 saturated carbocycles. The molecule has 2 fully saturated rings. The van der Waals surface area contributed by atoms with Crippen molar-refractivity contribution in [3.8, 4) is 0 Å². The molecular weight excluding hydrogens is 140 g/mol. The van der Waals surface area contributed by atoms with Crippen LogP contribution in [-0.2, 0) is 4.74 Å². The van der Waals surface area contributed by atoms with E-state index in [2.05, 4.69) is 17.3 Å². The summed E-state index contributed by atoms with van der Waals surface area (Å²) in [6.45, 7) is 4.24. The van der Waals surface area contributed by atoms with Crippen LogP contribution in [0.2, 0.25) is 0 Å². The zero-order valence-electron chi connectivity index (χ0n) is 7.05. The van der Waals surface area contributed by atoms with Crippen LogP contribution < -0.4 is 5.32 Å². The van der Waals surface area contributed by atoms with Crippen LogP contribution in [0.3, 0.4) is 0 Å². The van der Waals surface area contributed by atoms with Crippen LogP contribution in [0.5, 0.6) is 0 Å². The Labute approximate surface area is 67.7 Å². The van der Waals surface area contributed by atoms with E-state index in [0.29, 0.717) is 12.1 Å². The number of nitrogens with one attached hydrogen (secondary N) is 1. The number of likely N-dealkylation sites (tertiary alicyclic amines) is 1. The summed E-state index contributed by atoms with van der Waals surface area (Å²) < 4.78 is 5.64. The molecule has 2 aliphatic rings. The Morgan fingerprint density at radius 3 is 3.36 bits per heavy atom. The molecule has 3 nitrogen and oxygen atoms in total. The van der Waals surface area contributed by atoms with Crippen molar-refractivity contribution < 1.29 is 4.74 Å². The van der Waals surface area contributed by atoms with Crippen LogP contribution in [0.1, 0.15) is 6.42 Å². The van der Waals surface area contributed by atoms with Gasteiger partial charge in [-0.1, -0.05) is 0 Å². The minimum atomic E-state index is 0.486. The average Bonchev–Trinajstić information content (AvgIpc) is 2.04. The Morgan fingerprint density at radius 1 is 1.55 bits per heavy atom. The highest BCUT2D eigenvalue weighted by Crippen LogP contribution is 2.15. The number of ether oxygens (including phenoxy) is 1. The van der Waals surface area contributed by atoms with Gasteiger partial charge in [0.05, 0.1) is 12.7 Å². The molecule has 2 atom stereocenters. The molecule has 0 amide bonds. The monoisotopic (exact) mass is 156 g/mol. The third kappa shape index (κ3) is 1.55. The first-order valence-corrected chi connectivity index (χ1v) is 4.40. The van der Waals surface area contributed by atoms with Gasteiger partial charge in [-0.05, 0) is 13.5 Å². The maximum absolute atomic E-state index is 5.64. The maximum Gasteiger partial charge on any atom is 0.0753 e. The molecule has 0 spiro atoms. The van der Waals surface area contributed by atoms with E-state index in [9.17, 15) is 0 Å². The van der Waals surface area contributed by atoms with E-state index in [1.165, 1.54) is 13.0 Å². The summed E-state index contributed by atoms with van der Waals surface area (Å²) in [5, 5.41) is 3.48. The Bertz CT molecular complexity index is 140. The molecule has 2 aliphatic heterocycles. The summed E-state index contributed by atoms with van der Waals surface area (Å²) in [5.74, 6) is 0. The van der Waals surface area contributed by atoms with Gasteiger partial charge in [0.15, 0.2) is 0 Å². The third-order valence-electron chi connectivity index (χ3n) is 2.59. The molecule has 11 heavy (non-hydrogen) atoms. The summed E-state index contributed by atoms with van der Waals surface area (Å²) in [6, 6.07) is 0.586. The summed E-state index contributed by atoms with van der Waals surface area (Å²) in [7, 11) is 2.17. The normalized spacial score (nSPS) is 40.1. The second kappa shape index (κ2) is 3.09. The predicted octanol–water partition coefficient (Wildman–Crippen LogP) is -0.321. The summed E-state index contributed by atoms with van der Waals surface area (Å²) in [6.07, 6.45) is 1.67. The average molecular weight is 156 g/mol. The zero-order chi connectivity index (χ0) is 7.68. The van der Waals surface area contributed by atoms with E-state index < -0.39 is 0 Å². The van der Waals surface area contributed by atoms with Gasteiger partial charge in [-0.2, -0.15) is 0 Å². The molecule has 0 aliphatic carbocycles. The second-order valence-corrected chi connectivity index (χ2v) is 3.52. The van der Waals surface area contributed by atoms with Crippen molar-refractivity contribution in [1.82, 2.24) is 10.2 Å². The fraction of sp³-hybridized carbons (Fsp3) is 1.00. The van der Waals surface area contributed by atoms with Gasteiger partial charge >= 0.3 is 0 Å². The Hall–Kier alpha value is -0.120. The molecule has 3 heteroatoms. The van der Waals surface area contributed by atoms with Gasteiger partial charge in [-0.25, -0.2) is 0 Å². The van der Waals surface area contributed by atoms with E-state index >= 15 is 0 Å². The first-order chi connectivity index (χ1) is 5.36. The number of hydrogen-bond donors (Lipinski definition) is 1. The highest BCUT2D eigenvalue weighted by Gasteiger charge is 2.29. The second-order valence-electron chi connectivity index (χ2n) is 3.52. The molecule has 64 valence electrons. The van der Waals surface area contributed by atoms with Crippen LogP contribution >= 0.6 is 0 Å². The molecule has 2 rings (SSSR count). The number of rotatable bonds is 0. The lowest BCUT2D eigenvalue weighted by atomic mass is 10.0. The van der Waals surface area contributed by atoms with Crippen molar-refractivity contribution in [2.24, 2.45) is 0 Å². The smallest absolute Gasteiger partial charge is 0.0753 e.